The molecular formula is C12H16ClTi. The van der Waals surface area contributed by atoms with Crippen molar-refractivity contribution < 1.29 is 21.7 Å². The van der Waals surface area contributed by atoms with E-state index < -0.39 is 0 Å². The van der Waals surface area contributed by atoms with E-state index in [-0.39, 0.29) is 34.1 Å². The monoisotopic (exact) mass is 243 g/mol. The van der Waals surface area contributed by atoms with E-state index in [1.807, 2.05) is 24.3 Å². The van der Waals surface area contributed by atoms with Crippen molar-refractivity contribution in [2.45, 2.75) is 19.8 Å². The third-order valence-electron chi connectivity index (χ3n) is 1.17. The maximum atomic E-state index is 3.25. The first-order valence-electron chi connectivity index (χ1n) is 4.14. The van der Waals surface area contributed by atoms with E-state index in [0.29, 0.717) is 0 Å². The molecule has 2 aliphatic rings. The van der Waals surface area contributed by atoms with Crippen LogP contribution in [0.15, 0.2) is 36.5 Å². The molecule has 0 bridgehead atoms. The van der Waals surface area contributed by atoms with Crippen LogP contribution in [0.1, 0.15) is 19.8 Å². The molecule has 0 saturated heterocycles. The molecule has 2 aliphatic carbocycles. The molecule has 1 radical (unpaired) electrons. The molecule has 0 heterocycles. The van der Waals surface area contributed by atoms with Crippen LogP contribution in [0, 0.1) is 19.1 Å². The topological polar surface area (TPSA) is 0 Å². The number of hydrogen-bond donors (Lipinski definition) is 0. The second-order valence-corrected chi connectivity index (χ2v) is 2.01. The maximum Gasteiger partial charge on any atom is 3.00 e. The van der Waals surface area contributed by atoms with Gasteiger partial charge in [0, 0.05) is 0 Å². The van der Waals surface area contributed by atoms with Crippen LogP contribution in [0.3, 0.4) is 0 Å². The molecular weight excluding hydrogens is 227 g/mol. The molecule has 0 atom stereocenters. The van der Waals surface area contributed by atoms with Gasteiger partial charge in [-0.1, -0.05) is 0 Å². The van der Waals surface area contributed by atoms with Crippen molar-refractivity contribution >= 4 is 12.4 Å². The van der Waals surface area contributed by atoms with Gasteiger partial charge < -0.3 is 6.92 Å². The Hall–Kier alpha value is -0.0357. The molecule has 0 N–H and O–H groups in total. The predicted octanol–water partition coefficient (Wildman–Crippen LogP) is 3.87. The molecule has 14 heavy (non-hydrogen) atoms. The summed E-state index contributed by atoms with van der Waals surface area (Å²) in [6.45, 7) is 5.00. The van der Waals surface area contributed by atoms with Crippen molar-refractivity contribution in [1.29, 1.82) is 0 Å². The average molecular weight is 244 g/mol. The van der Waals surface area contributed by atoms with Gasteiger partial charge in [-0.15, -0.1) is 25.2 Å². The molecule has 0 saturated carbocycles. The van der Waals surface area contributed by atoms with Gasteiger partial charge in [0.05, 0.1) is 0 Å². The van der Waals surface area contributed by atoms with Crippen molar-refractivity contribution in [1.82, 2.24) is 0 Å². The van der Waals surface area contributed by atoms with Crippen molar-refractivity contribution in [3.63, 3.8) is 0 Å². The molecule has 75 valence electrons. The van der Waals surface area contributed by atoms with Crippen LogP contribution in [0.5, 0.6) is 0 Å². The summed E-state index contributed by atoms with van der Waals surface area (Å²) in [5, 5.41) is 0. The van der Waals surface area contributed by atoms with E-state index in [9.17, 15) is 0 Å². The Morgan fingerprint density at radius 2 is 1.29 bits per heavy atom. The minimum atomic E-state index is 0. The second kappa shape index (κ2) is 18.7. The fourth-order valence-corrected chi connectivity index (χ4v) is 0.680. The van der Waals surface area contributed by atoms with Crippen LogP contribution in [0.2, 0.25) is 0 Å². The standard InChI is InChI=1S/2C5H5.C2H5.ClH.Ti/c2*1-2-4-5-3-1;1-2;;/h2*1-3H,4H2;1H2,2H3;1H;/q3*-1;;+3. The Labute approximate surface area is 109 Å². The zero-order valence-electron chi connectivity index (χ0n) is 8.49. The third kappa shape index (κ3) is 14.5. The molecule has 0 spiro atoms. The summed E-state index contributed by atoms with van der Waals surface area (Å²) < 4.78 is 0. The van der Waals surface area contributed by atoms with Crippen molar-refractivity contribution in [2.75, 3.05) is 0 Å². The smallest absolute Gasteiger partial charge is 0.346 e. The van der Waals surface area contributed by atoms with Gasteiger partial charge >= 0.3 is 21.7 Å². The summed E-state index contributed by atoms with van der Waals surface area (Å²) in [5.41, 5.74) is 0. The van der Waals surface area contributed by atoms with E-state index in [2.05, 4.69) is 31.2 Å². The van der Waals surface area contributed by atoms with Crippen LogP contribution < -0.4 is 0 Å². The van der Waals surface area contributed by atoms with E-state index in [1.54, 1.807) is 6.92 Å². The first kappa shape index (κ1) is 19.5. The molecule has 0 nitrogen and oxygen atoms in total. The normalized spacial score (nSPS) is 13.0. The van der Waals surface area contributed by atoms with E-state index in [1.165, 1.54) is 0 Å². The van der Waals surface area contributed by atoms with Crippen molar-refractivity contribution in [3.05, 3.63) is 55.5 Å². The Morgan fingerprint density at radius 1 is 0.929 bits per heavy atom. The fraction of sp³-hybridized carbons (Fsp3) is 0.250. The summed E-state index contributed by atoms with van der Waals surface area (Å²) in [7, 11) is 0. The first-order valence-corrected chi connectivity index (χ1v) is 4.14. The summed E-state index contributed by atoms with van der Waals surface area (Å²) in [6, 6.07) is 0. The predicted molar refractivity (Wildman–Crippen MR) is 61.4 cm³/mol. The third-order valence-corrected chi connectivity index (χ3v) is 1.17. The van der Waals surface area contributed by atoms with Crippen molar-refractivity contribution in [3.8, 4) is 0 Å². The molecule has 2 heteroatoms. The van der Waals surface area contributed by atoms with Gasteiger partial charge in [-0.05, 0) is 0 Å². The molecule has 0 aromatic heterocycles. The first-order chi connectivity index (χ1) is 6.00. The fourth-order valence-electron chi connectivity index (χ4n) is 0.680. The molecule has 2 rings (SSSR count). The Balaban J connectivity index is -0.000000131. The number of hydrogen-bond acceptors (Lipinski definition) is 0. The molecule has 0 fully saturated rings. The quantitative estimate of drug-likeness (QED) is 0.447. The minimum Gasteiger partial charge on any atom is -0.346 e. The van der Waals surface area contributed by atoms with Crippen LogP contribution in [0.4, 0.5) is 0 Å². The molecule has 0 amide bonds. The van der Waals surface area contributed by atoms with Gasteiger partial charge in [-0.2, -0.15) is 19.1 Å². The van der Waals surface area contributed by atoms with Gasteiger partial charge in [0.25, 0.3) is 0 Å². The Morgan fingerprint density at radius 3 is 1.36 bits per heavy atom. The van der Waals surface area contributed by atoms with Crippen LogP contribution in [-0.2, 0) is 21.7 Å². The van der Waals surface area contributed by atoms with Crippen LogP contribution in [0.25, 0.3) is 0 Å². The summed E-state index contributed by atoms with van der Waals surface area (Å²) in [6.07, 6.45) is 20.0. The van der Waals surface area contributed by atoms with E-state index in [4.69, 9.17) is 0 Å². The number of rotatable bonds is 0. The second-order valence-electron chi connectivity index (χ2n) is 2.01. The van der Waals surface area contributed by atoms with E-state index >= 15 is 0 Å². The van der Waals surface area contributed by atoms with Gasteiger partial charge in [0.1, 0.15) is 0 Å². The van der Waals surface area contributed by atoms with Gasteiger partial charge in [-0.25, -0.2) is 24.3 Å². The largest absolute Gasteiger partial charge is 3.00 e. The van der Waals surface area contributed by atoms with Gasteiger partial charge in [0.2, 0.25) is 0 Å². The number of halogens is 1. The van der Waals surface area contributed by atoms with Gasteiger partial charge in [0.15, 0.2) is 0 Å². The zero-order chi connectivity index (χ0) is 9.07. The summed E-state index contributed by atoms with van der Waals surface area (Å²) in [5.74, 6) is 0. The zero-order valence-corrected chi connectivity index (χ0v) is 10.9. The number of allylic oxidation sites excluding steroid dienone is 8. The van der Waals surface area contributed by atoms with Crippen LogP contribution >= 0.6 is 12.4 Å². The van der Waals surface area contributed by atoms with Crippen LogP contribution in [-0.4, -0.2) is 0 Å². The van der Waals surface area contributed by atoms with Gasteiger partial charge in [-0.3, -0.25) is 12.2 Å². The van der Waals surface area contributed by atoms with E-state index in [0.717, 1.165) is 12.8 Å². The Bertz CT molecular complexity index is 148. The summed E-state index contributed by atoms with van der Waals surface area (Å²) >= 11 is 0. The SMILES string of the molecule is Cl.[C-]1=CC=CC1.[C-]1=CC=CC1.[CH2-]C.[Ti+3]. The minimum absolute atomic E-state index is 0. The van der Waals surface area contributed by atoms with Crippen molar-refractivity contribution in [2.24, 2.45) is 0 Å². The molecule has 0 aliphatic heterocycles. The maximum absolute atomic E-state index is 3.25. The average Bonchev–Trinajstić information content (AvgIpc) is 2.87. The Kier molecular flexibility index (Phi) is 26.1. The molecule has 0 aromatic rings. The molecule has 0 aromatic carbocycles. The summed E-state index contributed by atoms with van der Waals surface area (Å²) in [4.78, 5) is 0. The molecule has 0 unspecified atom stereocenters.